The standard InChI is InChI=1S/C10H16N2O/c1-13-8-2-5-12-9-10-3-6-11-7-4-10/h3-4,6-7,12H,2,5,8-9H2,1H3. The van der Waals surface area contributed by atoms with Gasteiger partial charge < -0.3 is 10.1 Å². The van der Waals surface area contributed by atoms with Gasteiger partial charge in [-0.2, -0.15) is 0 Å². The number of aromatic nitrogens is 1. The van der Waals surface area contributed by atoms with Crippen LogP contribution in [0.2, 0.25) is 0 Å². The van der Waals surface area contributed by atoms with Gasteiger partial charge in [-0.25, -0.2) is 0 Å². The Bertz CT molecular complexity index is 213. The fourth-order valence-electron chi connectivity index (χ4n) is 1.07. The molecule has 0 saturated carbocycles. The van der Waals surface area contributed by atoms with E-state index in [1.165, 1.54) is 5.56 Å². The molecule has 0 unspecified atom stereocenters. The molecule has 0 aliphatic rings. The summed E-state index contributed by atoms with van der Waals surface area (Å²) in [6.07, 6.45) is 4.68. The third-order valence-electron chi connectivity index (χ3n) is 1.78. The number of rotatable bonds is 6. The highest BCUT2D eigenvalue weighted by Crippen LogP contribution is 1.94. The van der Waals surface area contributed by atoms with Crippen molar-refractivity contribution >= 4 is 0 Å². The number of nitrogens with zero attached hydrogens (tertiary/aromatic N) is 1. The van der Waals surface area contributed by atoms with Crippen molar-refractivity contribution in [2.75, 3.05) is 20.3 Å². The first-order valence-corrected chi connectivity index (χ1v) is 4.52. The molecule has 1 N–H and O–H groups in total. The lowest BCUT2D eigenvalue weighted by Gasteiger charge is -2.03. The lowest BCUT2D eigenvalue weighted by atomic mass is 10.3. The van der Waals surface area contributed by atoms with Gasteiger partial charge in [0.2, 0.25) is 0 Å². The van der Waals surface area contributed by atoms with Crippen LogP contribution in [0.4, 0.5) is 0 Å². The van der Waals surface area contributed by atoms with Gasteiger partial charge in [0.25, 0.3) is 0 Å². The molecule has 0 atom stereocenters. The van der Waals surface area contributed by atoms with E-state index in [4.69, 9.17) is 4.74 Å². The van der Waals surface area contributed by atoms with Crippen molar-refractivity contribution in [3.8, 4) is 0 Å². The van der Waals surface area contributed by atoms with Crippen LogP contribution in [-0.4, -0.2) is 25.2 Å². The third-order valence-corrected chi connectivity index (χ3v) is 1.78. The van der Waals surface area contributed by atoms with Gasteiger partial charge in [-0.05, 0) is 30.7 Å². The molecule has 13 heavy (non-hydrogen) atoms. The Labute approximate surface area is 79.1 Å². The zero-order chi connectivity index (χ0) is 9.36. The van der Waals surface area contributed by atoms with E-state index < -0.39 is 0 Å². The SMILES string of the molecule is COCCCNCc1ccncc1. The maximum absolute atomic E-state index is 4.94. The van der Waals surface area contributed by atoms with Gasteiger partial charge in [0.15, 0.2) is 0 Å². The molecule has 0 fully saturated rings. The summed E-state index contributed by atoms with van der Waals surface area (Å²) in [5.74, 6) is 0. The molecule has 1 rings (SSSR count). The van der Waals surface area contributed by atoms with E-state index in [1.807, 2.05) is 24.5 Å². The second kappa shape index (κ2) is 6.57. The smallest absolute Gasteiger partial charge is 0.0474 e. The minimum Gasteiger partial charge on any atom is -0.385 e. The topological polar surface area (TPSA) is 34.1 Å². The highest BCUT2D eigenvalue weighted by Gasteiger charge is 1.90. The quantitative estimate of drug-likeness (QED) is 0.668. The van der Waals surface area contributed by atoms with Gasteiger partial charge in [0, 0.05) is 32.7 Å². The van der Waals surface area contributed by atoms with Gasteiger partial charge in [0.05, 0.1) is 0 Å². The van der Waals surface area contributed by atoms with Crippen LogP contribution in [0, 0.1) is 0 Å². The van der Waals surface area contributed by atoms with E-state index in [0.29, 0.717) is 0 Å². The minimum atomic E-state index is 0.823. The molecule has 72 valence electrons. The normalized spacial score (nSPS) is 10.2. The monoisotopic (exact) mass is 180 g/mol. The zero-order valence-electron chi connectivity index (χ0n) is 7.99. The van der Waals surface area contributed by atoms with Gasteiger partial charge in [0.1, 0.15) is 0 Å². The van der Waals surface area contributed by atoms with Crippen molar-refractivity contribution in [2.45, 2.75) is 13.0 Å². The fourth-order valence-corrected chi connectivity index (χ4v) is 1.07. The van der Waals surface area contributed by atoms with Crippen molar-refractivity contribution in [1.29, 1.82) is 0 Å². The average molecular weight is 180 g/mol. The molecule has 0 aromatic carbocycles. The minimum absolute atomic E-state index is 0.823. The van der Waals surface area contributed by atoms with Gasteiger partial charge in [-0.3, -0.25) is 4.98 Å². The molecule has 0 radical (unpaired) electrons. The summed E-state index contributed by atoms with van der Waals surface area (Å²) in [5, 5.41) is 3.33. The first-order chi connectivity index (χ1) is 6.43. The summed E-state index contributed by atoms with van der Waals surface area (Å²) >= 11 is 0. The summed E-state index contributed by atoms with van der Waals surface area (Å²) in [5.41, 5.74) is 1.27. The average Bonchev–Trinajstić information content (AvgIpc) is 2.19. The molecule has 0 amide bonds. The lowest BCUT2D eigenvalue weighted by molar-refractivity contribution is 0.194. The van der Waals surface area contributed by atoms with Crippen LogP contribution in [0.15, 0.2) is 24.5 Å². The predicted octanol–water partition coefficient (Wildman–Crippen LogP) is 1.21. The summed E-state index contributed by atoms with van der Waals surface area (Å²) in [6, 6.07) is 4.03. The van der Waals surface area contributed by atoms with Gasteiger partial charge in [-0.1, -0.05) is 0 Å². The molecule has 0 bridgehead atoms. The molecule has 3 nitrogen and oxygen atoms in total. The van der Waals surface area contributed by atoms with Gasteiger partial charge in [-0.15, -0.1) is 0 Å². The molecular formula is C10H16N2O. The first-order valence-electron chi connectivity index (χ1n) is 4.52. The van der Waals surface area contributed by atoms with Crippen molar-refractivity contribution in [2.24, 2.45) is 0 Å². The zero-order valence-corrected chi connectivity index (χ0v) is 7.99. The van der Waals surface area contributed by atoms with Crippen molar-refractivity contribution in [3.05, 3.63) is 30.1 Å². The highest BCUT2D eigenvalue weighted by molar-refractivity contribution is 5.08. The van der Waals surface area contributed by atoms with Crippen LogP contribution < -0.4 is 5.32 Å². The Morgan fingerprint density at radius 3 is 2.85 bits per heavy atom. The Kier molecular flexibility index (Phi) is 5.13. The lowest BCUT2D eigenvalue weighted by Crippen LogP contribution is -2.15. The Hall–Kier alpha value is -0.930. The van der Waals surface area contributed by atoms with Crippen molar-refractivity contribution < 1.29 is 4.74 Å². The van der Waals surface area contributed by atoms with Crippen molar-refractivity contribution in [3.63, 3.8) is 0 Å². The van der Waals surface area contributed by atoms with E-state index in [-0.39, 0.29) is 0 Å². The molecular weight excluding hydrogens is 164 g/mol. The second-order valence-corrected chi connectivity index (χ2v) is 2.88. The molecule has 0 saturated heterocycles. The number of nitrogens with one attached hydrogen (secondary N) is 1. The van der Waals surface area contributed by atoms with Crippen LogP contribution in [0.5, 0.6) is 0 Å². The van der Waals surface area contributed by atoms with E-state index >= 15 is 0 Å². The van der Waals surface area contributed by atoms with E-state index in [2.05, 4.69) is 10.3 Å². The fraction of sp³-hybridized carbons (Fsp3) is 0.500. The van der Waals surface area contributed by atoms with E-state index in [0.717, 1.165) is 26.1 Å². The molecule has 0 aliphatic heterocycles. The number of ether oxygens (including phenoxy) is 1. The molecule has 0 spiro atoms. The van der Waals surface area contributed by atoms with Crippen LogP contribution in [0.1, 0.15) is 12.0 Å². The van der Waals surface area contributed by atoms with Crippen molar-refractivity contribution in [1.82, 2.24) is 10.3 Å². The summed E-state index contributed by atoms with van der Waals surface area (Å²) in [6.45, 7) is 2.73. The Balaban J connectivity index is 2.07. The van der Waals surface area contributed by atoms with Crippen LogP contribution in [0.25, 0.3) is 0 Å². The molecule has 1 aromatic rings. The maximum atomic E-state index is 4.94. The highest BCUT2D eigenvalue weighted by atomic mass is 16.5. The van der Waals surface area contributed by atoms with E-state index in [9.17, 15) is 0 Å². The predicted molar refractivity (Wildman–Crippen MR) is 52.4 cm³/mol. The summed E-state index contributed by atoms with van der Waals surface area (Å²) in [7, 11) is 1.73. The molecule has 1 heterocycles. The number of pyridine rings is 1. The Morgan fingerprint density at radius 1 is 1.38 bits per heavy atom. The molecule has 0 aliphatic carbocycles. The third kappa shape index (κ3) is 4.60. The van der Waals surface area contributed by atoms with Gasteiger partial charge >= 0.3 is 0 Å². The molecule has 3 heteroatoms. The van der Waals surface area contributed by atoms with E-state index in [1.54, 1.807) is 7.11 Å². The largest absolute Gasteiger partial charge is 0.385 e. The van der Waals surface area contributed by atoms with Crippen LogP contribution in [-0.2, 0) is 11.3 Å². The maximum Gasteiger partial charge on any atom is 0.0474 e. The Morgan fingerprint density at radius 2 is 2.15 bits per heavy atom. The number of methoxy groups -OCH3 is 1. The van der Waals surface area contributed by atoms with Crippen LogP contribution in [0.3, 0.4) is 0 Å². The number of hydrogen-bond acceptors (Lipinski definition) is 3. The second-order valence-electron chi connectivity index (χ2n) is 2.88. The number of hydrogen-bond donors (Lipinski definition) is 1. The summed E-state index contributed by atoms with van der Waals surface area (Å²) in [4.78, 5) is 3.96. The summed E-state index contributed by atoms with van der Waals surface area (Å²) < 4.78 is 4.94. The molecule has 1 aromatic heterocycles. The first kappa shape index (κ1) is 10.2. The van der Waals surface area contributed by atoms with Crippen LogP contribution >= 0.6 is 0 Å².